The summed E-state index contributed by atoms with van der Waals surface area (Å²) in [7, 11) is 0. The quantitative estimate of drug-likeness (QED) is 0.536. The molecule has 0 aromatic rings. The van der Waals surface area contributed by atoms with Gasteiger partial charge in [-0.05, 0) is 31.8 Å². The number of allylic oxidation sites excluding steroid dienone is 3. The van der Waals surface area contributed by atoms with Gasteiger partial charge in [0.1, 0.15) is 0 Å². The molecule has 1 rings (SSSR count). The summed E-state index contributed by atoms with van der Waals surface area (Å²) in [6.45, 7) is 5.77. The molecule has 0 aliphatic heterocycles. The number of rotatable bonds is 4. The van der Waals surface area contributed by atoms with Crippen LogP contribution in [0.2, 0.25) is 0 Å². The van der Waals surface area contributed by atoms with Crippen LogP contribution in [0.15, 0.2) is 36.0 Å². The molecule has 1 amide bonds. The summed E-state index contributed by atoms with van der Waals surface area (Å²) in [5.41, 5.74) is 2.61. The first-order valence-corrected chi connectivity index (χ1v) is 4.98. The Morgan fingerprint density at radius 1 is 1.57 bits per heavy atom. The fourth-order valence-electron chi connectivity index (χ4n) is 1.85. The molecule has 1 aliphatic rings. The third kappa shape index (κ3) is 2.59. The van der Waals surface area contributed by atoms with Crippen molar-refractivity contribution >= 4 is 6.41 Å². The Hall–Kier alpha value is -1.31. The van der Waals surface area contributed by atoms with Gasteiger partial charge in [-0.25, -0.2) is 0 Å². The summed E-state index contributed by atoms with van der Waals surface area (Å²) in [6, 6.07) is 0.192. The van der Waals surface area contributed by atoms with E-state index in [9.17, 15) is 4.79 Å². The van der Waals surface area contributed by atoms with Gasteiger partial charge in [0.05, 0.1) is 6.04 Å². The molecule has 0 saturated heterocycles. The van der Waals surface area contributed by atoms with Gasteiger partial charge in [0.2, 0.25) is 6.41 Å². The third-order valence-corrected chi connectivity index (χ3v) is 2.59. The van der Waals surface area contributed by atoms with E-state index in [1.165, 1.54) is 11.1 Å². The van der Waals surface area contributed by atoms with Crippen LogP contribution >= 0.6 is 0 Å². The number of hydrogen-bond donors (Lipinski definition) is 1. The van der Waals surface area contributed by atoms with E-state index in [-0.39, 0.29) is 6.04 Å². The normalized spacial score (nSPS) is 22.5. The average Bonchev–Trinajstić information content (AvgIpc) is 2.18. The topological polar surface area (TPSA) is 29.1 Å². The van der Waals surface area contributed by atoms with Crippen molar-refractivity contribution in [1.29, 1.82) is 0 Å². The molecule has 0 bridgehead atoms. The molecule has 1 N–H and O–H groups in total. The first-order valence-electron chi connectivity index (χ1n) is 4.98. The fourth-order valence-corrected chi connectivity index (χ4v) is 1.85. The summed E-state index contributed by atoms with van der Waals surface area (Å²) in [4.78, 5) is 10.4. The van der Waals surface area contributed by atoms with E-state index in [4.69, 9.17) is 0 Å². The maximum atomic E-state index is 10.4. The van der Waals surface area contributed by atoms with Crippen LogP contribution in [0, 0.1) is 0 Å². The molecule has 14 heavy (non-hydrogen) atoms. The molecule has 2 heteroatoms. The maximum absolute atomic E-state index is 10.4. The zero-order valence-electron chi connectivity index (χ0n) is 8.62. The summed E-state index contributed by atoms with van der Waals surface area (Å²) in [5, 5.41) is 2.85. The first-order chi connectivity index (χ1) is 6.79. The fraction of sp³-hybridized carbons (Fsp3) is 0.417. The number of hydrogen-bond acceptors (Lipinski definition) is 1. The van der Waals surface area contributed by atoms with Gasteiger partial charge in [-0.2, -0.15) is 0 Å². The molecule has 0 spiro atoms. The molecule has 0 aromatic heterocycles. The number of carbonyl (C=O) groups is 1. The van der Waals surface area contributed by atoms with E-state index >= 15 is 0 Å². The lowest BCUT2D eigenvalue weighted by Crippen LogP contribution is -2.31. The third-order valence-electron chi connectivity index (χ3n) is 2.59. The van der Waals surface area contributed by atoms with E-state index in [0.717, 1.165) is 25.7 Å². The first kappa shape index (κ1) is 10.8. The van der Waals surface area contributed by atoms with E-state index in [0.29, 0.717) is 0 Å². The van der Waals surface area contributed by atoms with Crippen LogP contribution < -0.4 is 5.32 Å². The Morgan fingerprint density at radius 2 is 2.36 bits per heavy atom. The Labute approximate surface area is 85.4 Å². The highest BCUT2D eigenvalue weighted by Crippen LogP contribution is 2.25. The molecule has 1 unspecified atom stereocenters. The summed E-state index contributed by atoms with van der Waals surface area (Å²) in [6.07, 6.45) is 9.83. The smallest absolute Gasteiger partial charge is 0.207 e. The number of nitrogens with one attached hydrogen (secondary N) is 1. The van der Waals surface area contributed by atoms with Crippen molar-refractivity contribution in [2.24, 2.45) is 0 Å². The van der Waals surface area contributed by atoms with Gasteiger partial charge in [0.15, 0.2) is 0 Å². The Kier molecular flexibility index (Phi) is 4.17. The van der Waals surface area contributed by atoms with E-state index in [2.05, 4.69) is 18.8 Å². The highest BCUT2D eigenvalue weighted by Gasteiger charge is 2.17. The van der Waals surface area contributed by atoms with E-state index in [1.54, 1.807) is 6.08 Å². The molecule has 0 radical (unpaired) electrons. The SMILES string of the molecule is C=C/C=C\C1=C(C)CCCC1NC=O. The van der Waals surface area contributed by atoms with Crippen molar-refractivity contribution in [3.8, 4) is 0 Å². The van der Waals surface area contributed by atoms with Crippen LogP contribution in [0.5, 0.6) is 0 Å². The lowest BCUT2D eigenvalue weighted by Gasteiger charge is -2.24. The van der Waals surface area contributed by atoms with Crippen molar-refractivity contribution in [2.75, 3.05) is 0 Å². The molecule has 1 aliphatic carbocycles. The lowest BCUT2D eigenvalue weighted by molar-refractivity contribution is -0.110. The second-order valence-corrected chi connectivity index (χ2v) is 3.56. The molecule has 2 nitrogen and oxygen atoms in total. The maximum Gasteiger partial charge on any atom is 0.207 e. The van der Waals surface area contributed by atoms with Gasteiger partial charge >= 0.3 is 0 Å². The van der Waals surface area contributed by atoms with E-state index < -0.39 is 0 Å². The predicted octanol–water partition coefficient (Wildman–Crippen LogP) is 2.34. The highest BCUT2D eigenvalue weighted by molar-refractivity contribution is 5.50. The predicted molar refractivity (Wildman–Crippen MR) is 58.9 cm³/mol. The molecule has 0 aromatic carbocycles. The van der Waals surface area contributed by atoms with Crippen molar-refractivity contribution in [3.05, 3.63) is 36.0 Å². The minimum atomic E-state index is 0.192. The number of amides is 1. The summed E-state index contributed by atoms with van der Waals surface area (Å²) < 4.78 is 0. The van der Waals surface area contributed by atoms with Crippen LogP contribution in [-0.2, 0) is 4.79 Å². The molecular weight excluding hydrogens is 174 g/mol. The second kappa shape index (κ2) is 5.43. The standard InChI is InChI=1S/C12H17NO/c1-3-4-7-11-10(2)6-5-8-12(11)13-9-14/h3-4,7,9,12H,1,5-6,8H2,2H3,(H,13,14)/b7-4-. The average molecular weight is 191 g/mol. The molecule has 0 saturated carbocycles. The zero-order chi connectivity index (χ0) is 10.4. The van der Waals surface area contributed by atoms with Gasteiger partial charge in [-0.1, -0.05) is 30.4 Å². The molecule has 76 valence electrons. The van der Waals surface area contributed by atoms with Crippen molar-refractivity contribution in [2.45, 2.75) is 32.2 Å². The zero-order valence-corrected chi connectivity index (χ0v) is 8.62. The van der Waals surface area contributed by atoms with Crippen LogP contribution in [0.4, 0.5) is 0 Å². The molecule has 0 fully saturated rings. The summed E-state index contributed by atoms with van der Waals surface area (Å²) >= 11 is 0. The lowest BCUT2D eigenvalue weighted by atomic mass is 9.88. The number of carbonyl (C=O) groups excluding carboxylic acids is 1. The van der Waals surface area contributed by atoms with Crippen LogP contribution in [-0.4, -0.2) is 12.5 Å². The Bertz CT molecular complexity index is 276. The van der Waals surface area contributed by atoms with Crippen LogP contribution in [0.25, 0.3) is 0 Å². The van der Waals surface area contributed by atoms with Gasteiger partial charge in [-0.15, -0.1) is 0 Å². The van der Waals surface area contributed by atoms with Gasteiger partial charge in [-0.3, -0.25) is 4.79 Å². The van der Waals surface area contributed by atoms with E-state index in [1.807, 2.05) is 12.2 Å². The van der Waals surface area contributed by atoms with Crippen LogP contribution in [0.3, 0.4) is 0 Å². The largest absolute Gasteiger partial charge is 0.352 e. The molecular formula is C12H17NO. The van der Waals surface area contributed by atoms with Crippen LogP contribution in [0.1, 0.15) is 26.2 Å². The van der Waals surface area contributed by atoms with Crippen molar-refractivity contribution in [1.82, 2.24) is 5.32 Å². The second-order valence-electron chi connectivity index (χ2n) is 3.56. The van der Waals surface area contributed by atoms with Gasteiger partial charge < -0.3 is 5.32 Å². The Morgan fingerprint density at radius 3 is 3.00 bits per heavy atom. The Balaban J connectivity index is 2.83. The highest BCUT2D eigenvalue weighted by atomic mass is 16.1. The molecule has 0 heterocycles. The monoisotopic (exact) mass is 191 g/mol. The van der Waals surface area contributed by atoms with Gasteiger partial charge in [0, 0.05) is 0 Å². The van der Waals surface area contributed by atoms with Crippen molar-refractivity contribution < 1.29 is 4.79 Å². The molecule has 1 atom stereocenters. The minimum absolute atomic E-state index is 0.192. The summed E-state index contributed by atoms with van der Waals surface area (Å²) in [5.74, 6) is 0. The van der Waals surface area contributed by atoms with Crippen molar-refractivity contribution in [3.63, 3.8) is 0 Å². The minimum Gasteiger partial charge on any atom is -0.352 e. The van der Waals surface area contributed by atoms with Gasteiger partial charge in [0.25, 0.3) is 0 Å².